The van der Waals surface area contributed by atoms with Gasteiger partial charge in [-0.05, 0) is 89.9 Å². The van der Waals surface area contributed by atoms with E-state index in [1.807, 2.05) is 0 Å². The van der Waals surface area contributed by atoms with Crippen molar-refractivity contribution >= 4 is 13.8 Å². The first kappa shape index (κ1) is 61.4. The Kier molecular flexibility index (Phi) is 49.3. The van der Waals surface area contributed by atoms with Crippen molar-refractivity contribution in [3.8, 4) is 0 Å². The van der Waals surface area contributed by atoms with E-state index in [4.69, 9.17) is 24.3 Å². The SMILES string of the molecule is CC/C=C\C/C=C\C/C=C\C/C=C\CCCCCCCCCCCCCCCOCC(COP(=O)(O)OCCN)OC(=O)CCCCCCCC/C=C\C/C=C\C/C=C\C/C=C\CC. The number of carbonyl (C=O) groups is 1. The molecular formula is C55H96NO7P. The highest BCUT2D eigenvalue weighted by molar-refractivity contribution is 7.47. The van der Waals surface area contributed by atoms with Crippen LogP contribution in [0.2, 0.25) is 0 Å². The lowest BCUT2D eigenvalue weighted by atomic mass is 10.0. The molecule has 8 nitrogen and oxygen atoms in total. The fourth-order valence-corrected chi connectivity index (χ4v) is 7.57. The van der Waals surface area contributed by atoms with E-state index in [1.165, 1.54) is 89.9 Å². The van der Waals surface area contributed by atoms with Crippen LogP contribution in [0.15, 0.2) is 97.2 Å². The predicted molar refractivity (Wildman–Crippen MR) is 274 cm³/mol. The van der Waals surface area contributed by atoms with Crippen LogP contribution < -0.4 is 5.73 Å². The topological polar surface area (TPSA) is 117 Å². The summed E-state index contributed by atoms with van der Waals surface area (Å²) in [6.45, 7) is 4.67. The second kappa shape index (κ2) is 51.4. The Hall–Kier alpha value is -2.58. The van der Waals surface area contributed by atoms with Gasteiger partial charge in [-0.15, -0.1) is 0 Å². The van der Waals surface area contributed by atoms with Crippen LogP contribution in [-0.4, -0.2) is 49.9 Å². The van der Waals surface area contributed by atoms with Crippen LogP contribution in [0.5, 0.6) is 0 Å². The summed E-state index contributed by atoms with van der Waals surface area (Å²) in [7, 11) is -4.29. The van der Waals surface area contributed by atoms with E-state index in [0.29, 0.717) is 13.0 Å². The molecule has 2 atom stereocenters. The van der Waals surface area contributed by atoms with E-state index in [2.05, 4.69) is 111 Å². The molecule has 0 aliphatic rings. The summed E-state index contributed by atoms with van der Waals surface area (Å²) in [5, 5.41) is 0. The third-order valence-corrected chi connectivity index (χ3v) is 11.5. The lowest BCUT2D eigenvalue weighted by Gasteiger charge is -2.20. The van der Waals surface area contributed by atoms with Crippen molar-refractivity contribution in [1.82, 2.24) is 0 Å². The summed E-state index contributed by atoms with van der Waals surface area (Å²) < 4.78 is 33.6. The van der Waals surface area contributed by atoms with Crippen LogP contribution in [0.3, 0.4) is 0 Å². The van der Waals surface area contributed by atoms with E-state index < -0.39 is 13.9 Å². The average Bonchev–Trinajstić information content (AvgIpc) is 3.29. The average molecular weight is 914 g/mol. The molecule has 2 unspecified atom stereocenters. The number of allylic oxidation sites excluding steroid dienone is 16. The number of hydrogen-bond donors (Lipinski definition) is 2. The van der Waals surface area contributed by atoms with Crippen molar-refractivity contribution < 1.29 is 32.8 Å². The molecule has 0 heterocycles. The van der Waals surface area contributed by atoms with Gasteiger partial charge in [-0.3, -0.25) is 13.8 Å². The van der Waals surface area contributed by atoms with E-state index in [1.54, 1.807) is 0 Å². The Morgan fingerprint density at radius 3 is 1.23 bits per heavy atom. The smallest absolute Gasteiger partial charge is 0.457 e. The maximum absolute atomic E-state index is 12.7. The van der Waals surface area contributed by atoms with Gasteiger partial charge in [0.2, 0.25) is 0 Å². The highest BCUT2D eigenvalue weighted by Crippen LogP contribution is 2.43. The number of ether oxygens (including phenoxy) is 2. The molecule has 0 spiro atoms. The van der Waals surface area contributed by atoms with Gasteiger partial charge in [0.15, 0.2) is 0 Å². The van der Waals surface area contributed by atoms with Crippen LogP contribution in [0.25, 0.3) is 0 Å². The zero-order chi connectivity index (χ0) is 46.5. The largest absolute Gasteiger partial charge is 0.472 e. The Balaban J connectivity index is 3.96. The summed E-state index contributed by atoms with van der Waals surface area (Å²) in [4.78, 5) is 22.6. The Morgan fingerprint density at radius 2 is 0.828 bits per heavy atom. The summed E-state index contributed by atoms with van der Waals surface area (Å²) in [6.07, 6.45) is 68.7. The van der Waals surface area contributed by atoms with Crippen molar-refractivity contribution in [2.24, 2.45) is 5.73 Å². The van der Waals surface area contributed by atoms with Gasteiger partial charge in [0, 0.05) is 19.6 Å². The molecule has 0 rings (SSSR count). The molecule has 0 fully saturated rings. The molecule has 9 heteroatoms. The summed E-state index contributed by atoms with van der Waals surface area (Å²) in [6, 6.07) is 0. The van der Waals surface area contributed by atoms with Gasteiger partial charge in [0.1, 0.15) is 6.10 Å². The second-order valence-corrected chi connectivity index (χ2v) is 18.1. The molecule has 0 aromatic heterocycles. The van der Waals surface area contributed by atoms with Gasteiger partial charge in [0.25, 0.3) is 0 Å². The maximum atomic E-state index is 12.7. The molecule has 0 aliphatic carbocycles. The van der Waals surface area contributed by atoms with Crippen LogP contribution in [0, 0.1) is 0 Å². The number of rotatable bonds is 48. The van der Waals surface area contributed by atoms with Crippen molar-refractivity contribution in [1.29, 1.82) is 0 Å². The van der Waals surface area contributed by atoms with Crippen LogP contribution >= 0.6 is 7.82 Å². The number of carbonyl (C=O) groups excluding carboxylic acids is 1. The Labute approximate surface area is 393 Å². The van der Waals surface area contributed by atoms with Crippen molar-refractivity contribution in [2.75, 3.05) is 33.0 Å². The predicted octanol–water partition coefficient (Wildman–Crippen LogP) is 16.2. The number of nitrogens with two attached hydrogens (primary N) is 1. The molecule has 0 radical (unpaired) electrons. The van der Waals surface area contributed by atoms with Crippen molar-refractivity contribution in [3.63, 3.8) is 0 Å². The van der Waals surface area contributed by atoms with Gasteiger partial charge >= 0.3 is 13.8 Å². The van der Waals surface area contributed by atoms with Gasteiger partial charge in [-0.2, -0.15) is 0 Å². The number of esters is 1. The Bertz CT molecular complexity index is 1300. The minimum Gasteiger partial charge on any atom is -0.457 e. The minimum absolute atomic E-state index is 0.0930. The lowest BCUT2D eigenvalue weighted by Crippen LogP contribution is -2.28. The van der Waals surface area contributed by atoms with Crippen LogP contribution in [0.4, 0.5) is 0 Å². The van der Waals surface area contributed by atoms with Crippen LogP contribution in [0.1, 0.15) is 206 Å². The molecule has 0 aromatic carbocycles. The number of phosphoric acid groups is 1. The normalized spacial score (nSPS) is 14.1. The molecule has 0 bridgehead atoms. The molecule has 0 aromatic rings. The fraction of sp³-hybridized carbons (Fsp3) is 0.691. The lowest BCUT2D eigenvalue weighted by molar-refractivity contribution is -0.154. The van der Waals surface area contributed by atoms with E-state index >= 15 is 0 Å². The number of phosphoric ester groups is 1. The molecule has 64 heavy (non-hydrogen) atoms. The van der Waals surface area contributed by atoms with Gasteiger partial charge < -0.3 is 20.1 Å². The quantitative estimate of drug-likeness (QED) is 0.0268. The second-order valence-electron chi connectivity index (χ2n) is 16.6. The van der Waals surface area contributed by atoms with E-state index in [9.17, 15) is 14.3 Å². The third-order valence-electron chi connectivity index (χ3n) is 10.5. The fourth-order valence-electron chi connectivity index (χ4n) is 6.80. The molecule has 0 saturated heterocycles. The molecule has 0 saturated carbocycles. The van der Waals surface area contributed by atoms with Gasteiger partial charge in [-0.1, -0.05) is 207 Å². The van der Waals surface area contributed by atoms with E-state index in [0.717, 1.165) is 96.3 Å². The van der Waals surface area contributed by atoms with Crippen LogP contribution in [-0.2, 0) is 27.9 Å². The zero-order valence-corrected chi connectivity index (χ0v) is 41.9. The zero-order valence-electron chi connectivity index (χ0n) is 41.0. The molecular weight excluding hydrogens is 818 g/mol. The first-order valence-electron chi connectivity index (χ1n) is 25.7. The summed E-state index contributed by atoms with van der Waals surface area (Å²) in [5.41, 5.74) is 5.39. The minimum atomic E-state index is -4.29. The number of unbranched alkanes of at least 4 members (excludes halogenated alkanes) is 19. The monoisotopic (exact) mass is 914 g/mol. The Morgan fingerprint density at radius 1 is 0.469 bits per heavy atom. The van der Waals surface area contributed by atoms with E-state index in [-0.39, 0.29) is 32.3 Å². The standard InChI is InChI=1S/C55H96NO7P/c1-3-5-7-9-11-13-15-17-19-21-23-24-25-26-27-28-29-31-33-35-37-39-41-43-45-47-50-60-52-54(53-62-64(58,59)61-51-49-56)63-55(57)48-46-44-42-40-38-36-34-32-30-22-20-18-16-14-12-10-8-6-4-2/h5-8,11-14,17-20,23-24,30,32,54H,3-4,9-10,15-16,21-22,25-29,31,33-53,56H2,1-2H3,(H,58,59)/b7-5-,8-6-,13-11-,14-12-,19-17-,20-18-,24-23-,32-30-. The molecule has 0 aliphatic heterocycles. The van der Waals surface area contributed by atoms with Crippen molar-refractivity contribution in [3.05, 3.63) is 97.2 Å². The molecule has 368 valence electrons. The third kappa shape index (κ3) is 50.4. The number of hydrogen-bond acceptors (Lipinski definition) is 7. The first-order chi connectivity index (χ1) is 31.4. The highest BCUT2D eigenvalue weighted by atomic mass is 31.2. The summed E-state index contributed by atoms with van der Waals surface area (Å²) >= 11 is 0. The molecule has 3 N–H and O–H groups in total. The van der Waals surface area contributed by atoms with Gasteiger partial charge in [0.05, 0.1) is 19.8 Å². The first-order valence-corrected chi connectivity index (χ1v) is 27.2. The van der Waals surface area contributed by atoms with Crippen molar-refractivity contribution in [2.45, 2.75) is 213 Å². The molecule has 0 amide bonds. The highest BCUT2D eigenvalue weighted by Gasteiger charge is 2.25. The maximum Gasteiger partial charge on any atom is 0.472 e. The van der Waals surface area contributed by atoms with Gasteiger partial charge in [-0.25, -0.2) is 4.57 Å². The summed E-state index contributed by atoms with van der Waals surface area (Å²) in [5.74, 6) is -0.347.